The Kier molecular flexibility index (Phi) is 4.45. The zero-order valence-corrected chi connectivity index (χ0v) is 11.0. The lowest BCUT2D eigenvalue weighted by Gasteiger charge is -2.15. The van der Waals surface area contributed by atoms with Crippen LogP contribution in [0.2, 0.25) is 0 Å². The van der Waals surface area contributed by atoms with Gasteiger partial charge in [-0.15, -0.1) is 0 Å². The first kappa shape index (κ1) is 14.2. The van der Waals surface area contributed by atoms with Gasteiger partial charge in [-0.1, -0.05) is 13.0 Å². The average Bonchev–Trinajstić information content (AvgIpc) is 2.95. The molecule has 0 fully saturated rings. The van der Waals surface area contributed by atoms with Crippen LogP contribution in [0.25, 0.3) is 0 Å². The molecular weight excluding hydrogens is 264 g/mol. The van der Waals surface area contributed by atoms with Gasteiger partial charge in [-0.3, -0.25) is 9.48 Å². The van der Waals surface area contributed by atoms with Gasteiger partial charge in [-0.2, -0.15) is 5.10 Å². The maximum atomic E-state index is 13.0. The molecule has 1 atom stereocenters. The van der Waals surface area contributed by atoms with Crippen molar-refractivity contribution in [3.05, 3.63) is 53.9 Å². The molecule has 2 rings (SSSR count). The molecule has 2 aromatic rings. The Morgan fingerprint density at radius 2 is 2.20 bits per heavy atom. The molecule has 1 aromatic heterocycles. The van der Waals surface area contributed by atoms with Crippen LogP contribution in [0, 0.1) is 11.6 Å². The van der Waals surface area contributed by atoms with Gasteiger partial charge in [0, 0.05) is 18.9 Å². The van der Waals surface area contributed by atoms with Crippen LogP contribution in [0.3, 0.4) is 0 Å². The van der Waals surface area contributed by atoms with Crippen molar-refractivity contribution in [3.8, 4) is 0 Å². The molecule has 0 saturated heterocycles. The highest BCUT2D eigenvalue weighted by molar-refractivity contribution is 5.80. The normalized spacial score (nSPS) is 12.2. The molecule has 6 heteroatoms. The molecule has 0 spiro atoms. The highest BCUT2D eigenvalue weighted by atomic mass is 19.2. The van der Waals surface area contributed by atoms with E-state index in [4.69, 9.17) is 0 Å². The second kappa shape index (κ2) is 6.27. The van der Waals surface area contributed by atoms with Gasteiger partial charge in [0.1, 0.15) is 6.04 Å². The van der Waals surface area contributed by atoms with Crippen molar-refractivity contribution in [2.24, 2.45) is 0 Å². The van der Waals surface area contributed by atoms with Crippen molar-refractivity contribution in [1.82, 2.24) is 15.1 Å². The fraction of sp³-hybridized carbons (Fsp3) is 0.286. The number of aromatic nitrogens is 2. The van der Waals surface area contributed by atoms with Gasteiger partial charge in [-0.05, 0) is 30.2 Å². The van der Waals surface area contributed by atoms with Crippen LogP contribution in [-0.4, -0.2) is 15.7 Å². The zero-order valence-electron chi connectivity index (χ0n) is 11.0. The molecule has 1 amide bonds. The molecule has 0 unspecified atom stereocenters. The summed E-state index contributed by atoms with van der Waals surface area (Å²) in [5.41, 5.74) is 0.507. The van der Waals surface area contributed by atoms with Crippen molar-refractivity contribution in [2.45, 2.75) is 25.9 Å². The summed E-state index contributed by atoms with van der Waals surface area (Å²) >= 11 is 0. The summed E-state index contributed by atoms with van der Waals surface area (Å²) in [5, 5.41) is 6.73. The van der Waals surface area contributed by atoms with Gasteiger partial charge in [0.25, 0.3) is 0 Å². The Labute approximate surface area is 115 Å². The number of carbonyl (C=O) groups is 1. The summed E-state index contributed by atoms with van der Waals surface area (Å²) in [6.45, 7) is 2.03. The highest BCUT2D eigenvalue weighted by Crippen LogP contribution is 2.11. The van der Waals surface area contributed by atoms with E-state index in [9.17, 15) is 13.6 Å². The Bertz CT molecular complexity index is 584. The van der Waals surface area contributed by atoms with Crippen LogP contribution >= 0.6 is 0 Å². The Morgan fingerprint density at radius 3 is 2.80 bits per heavy atom. The van der Waals surface area contributed by atoms with Crippen molar-refractivity contribution in [1.29, 1.82) is 0 Å². The predicted octanol–water partition coefficient (Wildman–Crippen LogP) is 2.43. The summed E-state index contributed by atoms with van der Waals surface area (Å²) in [4.78, 5) is 12.1. The van der Waals surface area contributed by atoms with Crippen LogP contribution in [0.4, 0.5) is 8.78 Å². The molecule has 0 aliphatic carbocycles. The number of hydrogen-bond donors (Lipinski definition) is 1. The van der Waals surface area contributed by atoms with E-state index in [0.29, 0.717) is 12.0 Å². The SMILES string of the molecule is CC[C@H](C(=O)NCc1ccc(F)c(F)c1)n1cccn1. The Morgan fingerprint density at radius 1 is 1.40 bits per heavy atom. The van der Waals surface area contributed by atoms with Crippen LogP contribution in [0.15, 0.2) is 36.7 Å². The topological polar surface area (TPSA) is 46.9 Å². The van der Waals surface area contributed by atoms with E-state index in [1.165, 1.54) is 6.07 Å². The molecule has 0 aliphatic heterocycles. The molecule has 20 heavy (non-hydrogen) atoms. The number of amides is 1. The van der Waals surface area contributed by atoms with Gasteiger partial charge in [0.15, 0.2) is 11.6 Å². The lowest BCUT2D eigenvalue weighted by molar-refractivity contribution is -0.124. The van der Waals surface area contributed by atoms with E-state index in [1.807, 2.05) is 6.92 Å². The summed E-state index contributed by atoms with van der Waals surface area (Å²) in [5.74, 6) is -2.03. The van der Waals surface area contributed by atoms with Crippen molar-refractivity contribution < 1.29 is 13.6 Å². The van der Waals surface area contributed by atoms with Gasteiger partial charge in [-0.25, -0.2) is 8.78 Å². The molecule has 4 nitrogen and oxygen atoms in total. The predicted molar refractivity (Wildman–Crippen MR) is 69.8 cm³/mol. The lowest BCUT2D eigenvalue weighted by atomic mass is 10.2. The Balaban J connectivity index is 1.99. The molecule has 0 bridgehead atoms. The Hall–Kier alpha value is -2.24. The van der Waals surface area contributed by atoms with E-state index in [2.05, 4.69) is 10.4 Å². The van der Waals surface area contributed by atoms with Crippen LogP contribution in [0.5, 0.6) is 0 Å². The van der Waals surface area contributed by atoms with Gasteiger partial charge in [0.05, 0.1) is 0 Å². The van der Waals surface area contributed by atoms with Crippen molar-refractivity contribution in [2.75, 3.05) is 0 Å². The second-order valence-corrected chi connectivity index (χ2v) is 4.38. The standard InChI is InChI=1S/C14H15F2N3O/c1-2-13(19-7-3-6-18-19)14(20)17-9-10-4-5-11(15)12(16)8-10/h3-8,13H,2,9H2,1H3,(H,17,20)/t13-/m1/s1. The van der Waals surface area contributed by atoms with E-state index < -0.39 is 17.7 Å². The average molecular weight is 279 g/mol. The molecular formula is C14H15F2N3O. The van der Waals surface area contributed by atoms with E-state index in [-0.39, 0.29) is 12.5 Å². The monoisotopic (exact) mass is 279 g/mol. The molecule has 1 aromatic carbocycles. The maximum absolute atomic E-state index is 13.0. The summed E-state index contributed by atoms with van der Waals surface area (Å²) in [6, 6.07) is 4.89. The first-order valence-electron chi connectivity index (χ1n) is 6.32. The van der Waals surface area contributed by atoms with E-state index in [0.717, 1.165) is 12.1 Å². The first-order chi connectivity index (χ1) is 9.61. The minimum Gasteiger partial charge on any atom is -0.350 e. The fourth-order valence-corrected chi connectivity index (χ4v) is 1.91. The molecule has 1 N–H and O–H groups in total. The van der Waals surface area contributed by atoms with Crippen molar-refractivity contribution >= 4 is 5.91 Å². The largest absolute Gasteiger partial charge is 0.350 e. The number of carbonyl (C=O) groups excluding carboxylic acids is 1. The molecule has 0 aliphatic rings. The number of nitrogens with one attached hydrogen (secondary N) is 1. The number of benzene rings is 1. The number of nitrogens with zero attached hydrogens (tertiary/aromatic N) is 2. The van der Waals surface area contributed by atoms with Crippen molar-refractivity contribution in [3.63, 3.8) is 0 Å². The van der Waals surface area contributed by atoms with Crippen LogP contribution in [-0.2, 0) is 11.3 Å². The summed E-state index contributed by atoms with van der Waals surface area (Å²) < 4.78 is 27.4. The summed E-state index contributed by atoms with van der Waals surface area (Å²) in [6.07, 6.45) is 3.90. The number of rotatable bonds is 5. The molecule has 1 heterocycles. The lowest BCUT2D eigenvalue weighted by Crippen LogP contribution is -2.32. The third-order valence-corrected chi connectivity index (χ3v) is 2.98. The minimum absolute atomic E-state index is 0.147. The van der Waals surface area contributed by atoms with Gasteiger partial charge in [0.2, 0.25) is 5.91 Å². The third-order valence-electron chi connectivity index (χ3n) is 2.98. The molecule has 0 radical (unpaired) electrons. The smallest absolute Gasteiger partial charge is 0.245 e. The highest BCUT2D eigenvalue weighted by Gasteiger charge is 2.18. The number of hydrogen-bond acceptors (Lipinski definition) is 2. The fourth-order valence-electron chi connectivity index (χ4n) is 1.91. The van der Waals surface area contributed by atoms with Gasteiger partial charge < -0.3 is 5.32 Å². The van der Waals surface area contributed by atoms with E-state index in [1.54, 1.807) is 23.1 Å². The maximum Gasteiger partial charge on any atom is 0.245 e. The van der Waals surface area contributed by atoms with E-state index >= 15 is 0 Å². The summed E-state index contributed by atoms with van der Waals surface area (Å²) in [7, 11) is 0. The molecule has 0 saturated carbocycles. The molecule has 106 valence electrons. The van der Waals surface area contributed by atoms with Gasteiger partial charge >= 0.3 is 0 Å². The second-order valence-electron chi connectivity index (χ2n) is 4.38. The number of halogens is 2. The quantitative estimate of drug-likeness (QED) is 0.913. The van der Waals surface area contributed by atoms with Crippen LogP contribution in [0.1, 0.15) is 24.9 Å². The first-order valence-corrected chi connectivity index (χ1v) is 6.32. The zero-order chi connectivity index (χ0) is 14.5. The minimum atomic E-state index is -0.920. The van der Waals surface area contributed by atoms with Crippen LogP contribution < -0.4 is 5.32 Å². The third kappa shape index (κ3) is 3.20.